The third-order valence-electron chi connectivity index (χ3n) is 2.12. The highest BCUT2D eigenvalue weighted by Crippen LogP contribution is 2.09. The molecule has 3 nitrogen and oxygen atoms in total. The van der Waals surface area contributed by atoms with E-state index < -0.39 is 11.8 Å². The number of carboxylic acids is 1. The molecule has 1 aromatic carbocycles. The summed E-state index contributed by atoms with van der Waals surface area (Å²) < 4.78 is 0. The Kier molecular flexibility index (Phi) is 3.40. The van der Waals surface area contributed by atoms with Crippen LogP contribution >= 0.6 is 0 Å². The Balaban J connectivity index is 2.58. The molecule has 74 valence electrons. The van der Waals surface area contributed by atoms with Crippen molar-refractivity contribution >= 4 is 11.8 Å². The predicted molar refractivity (Wildman–Crippen MR) is 52.1 cm³/mol. The lowest BCUT2D eigenvalue weighted by Gasteiger charge is -2.02. The maximum absolute atomic E-state index is 10.8. The number of carbonyl (C=O) groups is 2. The van der Waals surface area contributed by atoms with Crippen molar-refractivity contribution in [3.8, 4) is 0 Å². The predicted octanol–water partition coefficient (Wildman–Crippen LogP) is 1.58. The van der Waals surface area contributed by atoms with Crippen LogP contribution in [0.25, 0.3) is 0 Å². The lowest BCUT2D eigenvalue weighted by Crippen LogP contribution is -2.13. The van der Waals surface area contributed by atoms with Crippen LogP contribution in [0, 0.1) is 6.92 Å². The summed E-state index contributed by atoms with van der Waals surface area (Å²) in [5.41, 5.74) is 2.12. The second-order valence-electron chi connectivity index (χ2n) is 3.15. The summed E-state index contributed by atoms with van der Waals surface area (Å²) in [7, 11) is 0. The first-order valence-corrected chi connectivity index (χ1v) is 4.42. The summed E-state index contributed by atoms with van der Waals surface area (Å²) in [4.78, 5) is 21.1. The Morgan fingerprint density at radius 2 is 1.93 bits per heavy atom. The zero-order chi connectivity index (χ0) is 10.6. The van der Waals surface area contributed by atoms with E-state index in [1.807, 2.05) is 31.2 Å². The largest absolute Gasteiger partial charge is 0.476 e. The Labute approximate surface area is 82.4 Å². The van der Waals surface area contributed by atoms with Crippen LogP contribution in [0.4, 0.5) is 0 Å². The number of ketones is 1. The molecule has 0 aliphatic rings. The van der Waals surface area contributed by atoms with Gasteiger partial charge in [-0.15, -0.1) is 0 Å². The molecule has 1 N–H and O–H groups in total. The van der Waals surface area contributed by atoms with Gasteiger partial charge >= 0.3 is 5.97 Å². The summed E-state index contributed by atoms with van der Waals surface area (Å²) in [5, 5.41) is 8.38. The third-order valence-corrected chi connectivity index (χ3v) is 2.12. The summed E-state index contributed by atoms with van der Waals surface area (Å²) in [5.74, 6) is -2.08. The van der Waals surface area contributed by atoms with E-state index in [1.165, 1.54) is 0 Å². The fourth-order valence-corrected chi connectivity index (χ4v) is 1.25. The van der Waals surface area contributed by atoms with Crippen LogP contribution in [0.5, 0.6) is 0 Å². The minimum absolute atomic E-state index is 0.0696. The highest BCUT2D eigenvalue weighted by atomic mass is 16.4. The quantitative estimate of drug-likeness (QED) is 0.737. The number of carboxylic acid groups (broad SMARTS) is 1. The fourth-order valence-electron chi connectivity index (χ4n) is 1.25. The molecule has 0 aliphatic carbocycles. The summed E-state index contributed by atoms with van der Waals surface area (Å²) in [6.07, 6.45) is 0.567. The van der Waals surface area contributed by atoms with Crippen molar-refractivity contribution in [2.24, 2.45) is 0 Å². The van der Waals surface area contributed by atoms with Gasteiger partial charge in [-0.2, -0.15) is 0 Å². The molecule has 0 unspecified atom stereocenters. The average molecular weight is 192 g/mol. The number of rotatable bonds is 4. The number of Topliss-reactive ketones (excluding diaryl/α,β-unsaturated/α-hetero) is 1. The number of hydrogen-bond donors (Lipinski definition) is 1. The minimum Gasteiger partial charge on any atom is -0.476 e. The van der Waals surface area contributed by atoms with Crippen LogP contribution in [0.1, 0.15) is 17.5 Å². The molecule has 14 heavy (non-hydrogen) atoms. The number of aliphatic carboxylic acids is 1. The van der Waals surface area contributed by atoms with E-state index >= 15 is 0 Å². The van der Waals surface area contributed by atoms with Gasteiger partial charge in [-0.1, -0.05) is 24.3 Å². The molecule has 3 heteroatoms. The second-order valence-corrected chi connectivity index (χ2v) is 3.15. The van der Waals surface area contributed by atoms with Crippen LogP contribution in [-0.4, -0.2) is 16.9 Å². The average Bonchev–Trinajstić information content (AvgIpc) is 2.16. The second kappa shape index (κ2) is 4.56. The molecule has 0 fully saturated rings. The lowest BCUT2D eigenvalue weighted by molar-refractivity contribution is -0.149. The van der Waals surface area contributed by atoms with Crippen LogP contribution in [0.15, 0.2) is 24.3 Å². The zero-order valence-corrected chi connectivity index (χ0v) is 7.99. The van der Waals surface area contributed by atoms with Crippen molar-refractivity contribution in [2.45, 2.75) is 19.8 Å². The highest BCUT2D eigenvalue weighted by molar-refractivity contribution is 6.32. The molecule has 1 aromatic rings. The van der Waals surface area contributed by atoms with E-state index in [2.05, 4.69) is 0 Å². The number of carbonyl (C=O) groups excluding carboxylic acids is 1. The Morgan fingerprint density at radius 1 is 1.29 bits per heavy atom. The zero-order valence-electron chi connectivity index (χ0n) is 7.99. The molecule has 0 spiro atoms. The van der Waals surface area contributed by atoms with Crippen molar-refractivity contribution in [2.75, 3.05) is 0 Å². The molecule has 0 aliphatic heterocycles. The van der Waals surface area contributed by atoms with E-state index in [4.69, 9.17) is 5.11 Å². The minimum atomic E-state index is -1.35. The van der Waals surface area contributed by atoms with Crippen molar-refractivity contribution in [1.29, 1.82) is 0 Å². The number of hydrogen-bond acceptors (Lipinski definition) is 2. The third kappa shape index (κ3) is 2.69. The molecule has 0 bridgehead atoms. The molecule has 0 saturated carbocycles. The summed E-state index contributed by atoms with van der Waals surface area (Å²) in [6.45, 7) is 1.95. The summed E-state index contributed by atoms with van der Waals surface area (Å²) >= 11 is 0. The van der Waals surface area contributed by atoms with Crippen molar-refractivity contribution in [3.63, 3.8) is 0 Å². The van der Waals surface area contributed by atoms with Gasteiger partial charge in [0.1, 0.15) is 0 Å². The molecule has 0 heterocycles. The topological polar surface area (TPSA) is 54.4 Å². The SMILES string of the molecule is Cc1ccccc1CCC(=O)C(=O)O. The molecular formula is C11H12O3. The van der Waals surface area contributed by atoms with Gasteiger partial charge in [0.25, 0.3) is 0 Å². The lowest BCUT2D eigenvalue weighted by atomic mass is 10.0. The van der Waals surface area contributed by atoms with Gasteiger partial charge < -0.3 is 5.11 Å². The molecule has 0 aromatic heterocycles. The maximum Gasteiger partial charge on any atom is 0.372 e. The standard InChI is InChI=1S/C11H12O3/c1-8-4-2-3-5-9(8)6-7-10(12)11(13)14/h2-5H,6-7H2,1H3,(H,13,14). The molecule has 0 radical (unpaired) electrons. The van der Waals surface area contributed by atoms with E-state index in [0.29, 0.717) is 6.42 Å². The van der Waals surface area contributed by atoms with Crippen LogP contribution < -0.4 is 0 Å². The van der Waals surface area contributed by atoms with Crippen LogP contribution in [0.3, 0.4) is 0 Å². The highest BCUT2D eigenvalue weighted by Gasteiger charge is 2.11. The van der Waals surface area contributed by atoms with Gasteiger partial charge in [0.15, 0.2) is 0 Å². The number of aryl methyl sites for hydroxylation is 2. The first-order valence-electron chi connectivity index (χ1n) is 4.42. The molecule has 0 saturated heterocycles. The van der Waals surface area contributed by atoms with E-state index in [0.717, 1.165) is 11.1 Å². The van der Waals surface area contributed by atoms with Gasteiger partial charge in [0.05, 0.1) is 0 Å². The fraction of sp³-hybridized carbons (Fsp3) is 0.273. The Hall–Kier alpha value is -1.64. The molecule has 1 rings (SSSR count). The normalized spacial score (nSPS) is 9.79. The Bertz CT molecular complexity index is 355. The van der Waals surface area contributed by atoms with Crippen molar-refractivity contribution in [1.82, 2.24) is 0 Å². The van der Waals surface area contributed by atoms with Crippen LogP contribution in [0.2, 0.25) is 0 Å². The number of benzene rings is 1. The van der Waals surface area contributed by atoms with Gasteiger partial charge in [0.2, 0.25) is 5.78 Å². The van der Waals surface area contributed by atoms with E-state index in [9.17, 15) is 9.59 Å². The first-order chi connectivity index (χ1) is 6.61. The van der Waals surface area contributed by atoms with Gasteiger partial charge in [-0.25, -0.2) is 4.79 Å². The van der Waals surface area contributed by atoms with Gasteiger partial charge in [-0.05, 0) is 24.5 Å². The molecular weight excluding hydrogens is 180 g/mol. The maximum atomic E-state index is 10.8. The molecule has 0 amide bonds. The first kappa shape index (κ1) is 10.4. The van der Waals surface area contributed by atoms with Crippen LogP contribution in [-0.2, 0) is 16.0 Å². The van der Waals surface area contributed by atoms with Crippen molar-refractivity contribution < 1.29 is 14.7 Å². The van der Waals surface area contributed by atoms with E-state index in [1.54, 1.807) is 0 Å². The monoisotopic (exact) mass is 192 g/mol. The molecule has 0 atom stereocenters. The van der Waals surface area contributed by atoms with Gasteiger partial charge in [0, 0.05) is 6.42 Å². The van der Waals surface area contributed by atoms with Gasteiger partial charge in [-0.3, -0.25) is 4.79 Å². The summed E-state index contributed by atoms with van der Waals surface area (Å²) in [6, 6.07) is 7.65. The Morgan fingerprint density at radius 3 is 2.50 bits per heavy atom. The van der Waals surface area contributed by atoms with Crippen molar-refractivity contribution in [3.05, 3.63) is 35.4 Å². The van der Waals surface area contributed by atoms with E-state index in [-0.39, 0.29) is 6.42 Å². The smallest absolute Gasteiger partial charge is 0.372 e.